The number of nitrogens with two attached hydrogens (primary N) is 1. The maximum absolute atomic E-state index is 9.31. The first-order valence-corrected chi connectivity index (χ1v) is 4.64. The van der Waals surface area contributed by atoms with Gasteiger partial charge in [-0.2, -0.15) is 0 Å². The van der Waals surface area contributed by atoms with Crippen molar-refractivity contribution in [3.63, 3.8) is 0 Å². The van der Waals surface area contributed by atoms with Gasteiger partial charge < -0.3 is 10.8 Å². The highest BCUT2D eigenvalue weighted by Crippen LogP contribution is 2.37. The number of rotatable bonds is 1. The predicted octanol–water partition coefficient (Wildman–Crippen LogP) is 1.46. The van der Waals surface area contributed by atoms with Gasteiger partial charge in [-0.25, -0.2) is 0 Å². The highest BCUT2D eigenvalue weighted by atomic mass is 16.3. The molecule has 2 heteroatoms. The molecule has 0 fully saturated rings. The van der Waals surface area contributed by atoms with Gasteiger partial charge in [0, 0.05) is 0 Å². The van der Waals surface area contributed by atoms with Crippen molar-refractivity contribution in [2.45, 2.75) is 19.8 Å². The SMILES string of the molecule is CC1(CN)Cc2ccc(O)cc2C1. The normalized spacial score (nSPS) is 26.0. The van der Waals surface area contributed by atoms with Gasteiger partial charge in [-0.3, -0.25) is 0 Å². The minimum Gasteiger partial charge on any atom is -0.508 e. The Morgan fingerprint density at radius 3 is 2.77 bits per heavy atom. The van der Waals surface area contributed by atoms with Gasteiger partial charge in [0.1, 0.15) is 5.75 Å². The highest BCUT2D eigenvalue weighted by Gasteiger charge is 2.31. The molecule has 0 aliphatic heterocycles. The molecule has 1 unspecified atom stereocenters. The molecule has 2 rings (SSSR count). The summed E-state index contributed by atoms with van der Waals surface area (Å²) in [5.41, 5.74) is 8.52. The van der Waals surface area contributed by atoms with E-state index in [1.807, 2.05) is 12.1 Å². The van der Waals surface area contributed by atoms with E-state index in [0.717, 1.165) is 12.8 Å². The first kappa shape index (κ1) is 8.57. The minimum atomic E-state index is 0.204. The van der Waals surface area contributed by atoms with Crippen LogP contribution in [0.3, 0.4) is 0 Å². The average molecular weight is 177 g/mol. The van der Waals surface area contributed by atoms with Crippen LogP contribution in [-0.2, 0) is 12.8 Å². The molecule has 0 saturated heterocycles. The van der Waals surface area contributed by atoms with Gasteiger partial charge in [-0.05, 0) is 48.1 Å². The van der Waals surface area contributed by atoms with E-state index in [-0.39, 0.29) is 5.41 Å². The minimum absolute atomic E-state index is 0.204. The van der Waals surface area contributed by atoms with Gasteiger partial charge in [0.15, 0.2) is 0 Å². The average Bonchev–Trinajstić information content (AvgIpc) is 2.42. The zero-order valence-electron chi connectivity index (χ0n) is 7.88. The molecule has 70 valence electrons. The largest absolute Gasteiger partial charge is 0.508 e. The molecular formula is C11H15NO. The molecule has 0 radical (unpaired) electrons. The Kier molecular flexibility index (Phi) is 1.81. The molecule has 0 aromatic heterocycles. The lowest BCUT2D eigenvalue weighted by atomic mass is 9.88. The van der Waals surface area contributed by atoms with Crippen molar-refractivity contribution in [3.05, 3.63) is 29.3 Å². The Morgan fingerprint density at radius 2 is 2.08 bits per heavy atom. The number of aromatic hydroxyl groups is 1. The fourth-order valence-corrected chi connectivity index (χ4v) is 2.08. The van der Waals surface area contributed by atoms with Crippen molar-refractivity contribution in [2.24, 2.45) is 11.1 Å². The standard InChI is InChI=1S/C11H15NO/c1-11(7-12)5-8-2-3-10(13)4-9(8)6-11/h2-4,13H,5-7,12H2,1H3. The van der Waals surface area contributed by atoms with E-state index in [4.69, 9.17) is 5.73 Å². The number of fused-ring (bicyclic) bond motifs is 1. The van der Waals surface area contributed by atoms with Crippen LogP contribution in [0.2, 0.25) is 0 Å². The highest BCUT2D eigenvalue weighted by molar-refractivity contribution is 5.39. The zero-order chi connectivity index (χ0) is 9.47. The topological polar surface area (TPSA) is 46.2 Å². The Hall–Kier alpha value is -1.02. The third-order valence-corrected chi connectivity index (χ3v) is 2.92. The quantitative estimate of drug-likeness (QED) is 0.682. The lowest BCUT2D eigenvalue weighted by Gasteiger charge is -2.20. The molecule has 1 aromatic carbocycles. The molecule has 0 bridgehead atoms. The molecule has 1 atom stereocenters. The second kappa shape index (κ2) is 2.74. The maximum Gasteiger partial charge on any atom is 0.115 e. The Labute approximate surface area is 78.4 Å². The Morgan fingerprint density at radius 1 is 1.38 bits per heavy atom. The van der Waals surface area contributed by atoms with Gasteiger partial charge in [0.2, 0.25) is 0 Å². The van der Waals surface area contributed by atoms with E-state index in [1.54, 1.807) is 6.07 Å². The summed E-state index contributed by atoms with van der Waals surface area (Å²) in [6.45, 7) is 2.91. The summed E-state index contributed by atoms with van der Waals surface area (Å²) >= 11 is 0. The summed E-state index contributed by atoms with van der Waals surface area (Å²) in [6.07, 6.45) is 2.03. The van der Waals surface area contributed by atoms with E-state index in [9.17, 15) is 5.11 Å². The Balaban J connectivity index is 2.35. The third-order valence-electron chi connectivity index (χ3n) is 2.92. The molecule has 0 spiro atoms. The number of phenolic OH excluding ortho intramolecular Hbond substituents is 1. The molecular weight excluding hydrogens is 162 g/mol. The number of benzene rings is 1. The molecule has 3 N–H and O–H groups in total. The number of phenols is 1. The fourth-order valence-electron chi connectivity index (χ4n) is 2.08. The van der Waals surface area contributed by atoms with E-state index in [0.29, 0.717) is 12.3 Å². The van der Waals surface area contributed by atoms with Gasteiger partial charge >= 0.3 is 0 Å². The summed E-state index contributed by atoms with van der Waals surface area (Å²) in [7, 11) is 0. The number of hydrogen-bond acceptors (Lipinski definition) is 2. The summed E-state index contributed by atoms with van der Waals surface area (Å²) in [5.74, 6) is 0.361. The van der Waals surface area contributed by atoms with Gasteiger partial charge in [-0.15, -0.1) is 0 Å². The first-order chi connectivity index (χ1) is 6.13. The maximum atomic E-state index is 9.31. The van der Waals surface area contributed by atoms with Crippen LogP contribution in [0.1, 0.15) is 18.1 Å². The molecule has 1 aromatic rings. The summed E-state index contributed by atoms with van der Waals surface area (Å²) in [6, 6.07) is 5.61. The van der Waals surface area contributed by atoms with Crippen LogP contribution >= 0.6 is 0 Å². The summed E-state index contributed by atoms with van der Waals surface area (Å²) < 4.78 is 0. The summed E-state index contributed by atoms with van der Waals surface area (Å²) in [5, 5.41) is 9.31. The Bertz CT molecular complexity index is 335. The van der Waals surface area contributed by atoms with Crippen LogP contribution in [0, 0.1) is 5.41 Å². The van der Waals surface area contributed by atoms with E-state index < -0.39 is 0 Å². The lowest BCUT2D eigenvalue weighted by Crippen LogP contribution is -2.27. The van der Waals surface area contributed by atoms with Crippen molar-refractivity contribution in [2.75, 3.05) is 6.54 Å². The van der Waals surface area contributed by atoms with Gasteiger partial charge in [0.05, 0.1) is 0 Å². The van der Waals surface area contributed by atoms with Crippen LogP contribution in [0.4, 0.5) is 0 Å². The molecule has 0 heterocycles. The molecule has 1 aliphatic carbocycles. The number of hydrogen-bond donors (Lipinski definition) is 2. The summed E-state index contributed by atoms with van der Waals surface area (Å²) in [4.78, 5) is 0. The van der Waals surface area contributed by atoms with Crippen molar-refractivity contribution in [1.82, 2.24) is 0 Å². The molecule has 0 saturated carbocycles. The van der Waals surface area contributed by atoms with Crippen molar-refractivity contribution >= 4 is 0 Å². The van der Waals surface area contributed by atoms with Crippen LogP contribution in [-0.4, -0.2) is 11.7 Å². The van der Waals surface area contributed by atoms with E-state index >= 15 is 0 Å². The molecule has 13 heavy (non-hydrogen) atoms. The lowest BCUT2D eigenvalue weighted by molar-refractivity contribution is 0.359. The van der Waals surface area contributed by atoms with Gasteiger partial charge in [-0.1, -0.05) is 13.0 Å². The second-order valence-corrected chi connectivity index (χ2v) is 4.32. The van der Waals surface area contributed by atoms with Crippen LogP contribution < -0.4 is 5.73 Å². The van der Waals surface area contributed by atoms with Crippen molar-refractivity contribution in [1.29, 1.82) is 0 Å². The van der Waals surface area contributed by atoms with Gasteiger partial charge in [0.25, 0.3) is 0 Å². The zero-order valence-corrected chi connectivity index (χ0v) is 7.88. The molecule has 1 aliphatic rings. The smallest absolute Gasteiger partial charge is 0.115 e. The van der Waals surface area contributed by atoms with E-state index in [2.05, 4.69) is 6.92 Å². The fraction of sp³-hybridized carbons (Fsp3) is 0.455. The van der Waals surface area contributed by atoms with Crippen molar-refractivity contribution < 1.29 is 5.11 Å². The monoisotopic (exact) mass is 177 g/mol. The second-order valence-electron chi connectivity index (χ2n) is 4.32. The molecule has 2 nitrogen and oxygen atoms in total. The molecule has 0 amide bonds. The third kappa shape index (κ3) is 1.42. The predicted molar refractivity (Wildman–Crippen MR) is 52.7 cm³/mol. The van der Waals surface area contributed by atoms with Crippen LogP contribution in [0.5, 0.6) is 5.75 Å². The van der Waals surface area contributed by atoms with Crippen LogP contribution in [0.25, 0.3) is 0 Å². The van der Waals surface area contributed by atoms with Crippen LogP contribution in [0.15, 0.2) is 18.2 Å². The van der Waals surface area contributed by atoms with Crippen molar-refractivity contribution in [3.8, 4) is 5.75 Å². The first-order valence-electron chi connectivity index (χ1n) is 4.64. The van der Waals surface area contributed by atoms with E-state index in [1.165, 1.54) is 11.1 Å².